The van der Waals surface area contributed by atoms with Crippen LogP contribution in [0.5, 0.6) is 0 Å². The molecule has 132 valence electrons. The zero-order valence-corrected chi connectivity index (χ0v) is 14.5. The number of hydrogen-bond acceptors (Lipinski definition) is 7. The van der Waals surface area contributed by atoms with E-state index in [-0.39, 0.29) is 17.9 Å². The van der Waals surface area contributed by atoms with Crippen LogP contribution in [0.4, 0.5) is 0 Å². The van der Waals surface area contributed by atoms with Gasteiger partial charge in [0.2, 0.25) is 0 Å². The van der Waals surface area contributed by atoms with E-state index in [2.05, 4.69) is 10.1 Å². The van der Waals surface area contributed by atoms with Crippen LogP contribution >= 0.6 is 0 Å². The molecule has 0 radical (unpaired) electrons. The molecule has 2 heterocycles. The quantitative estimate of drug-likeness (QED) is 0.670. The number of ether oxygens (including phenoxy) is 1. The summed E-state index contributed by atoms with van der Waals surface area (Å²) in [5, 5.41) is 3.90. The molecule has 0 saturated heterocycles. The van der Waals surface area contributed by atoms with E-state index in [1.165, 1.54) is 4.57 Å². The Morgan fingerprint density at radius 3 is 2.72 bits per heavy atom. The van der Waals surface area contributed by atoms with Gasteiger partial charge in [-0.3, -0.25) is 9.36 Å². The first-order valence-corrected chi connectivity index (χ1v) is 7.87. The number of hydrogen-bond donors (Lipinski definition) is 0. The predicted octanol–water partition coefficient (Wildman–Crippen LogP) is 2.58. The number of fused-ring (bicyclic) bond motifs is 1. The van der Waals surface area contributed by atoms with Crippen molar-refractivity contribution in [3.8, 4) is 0 Å². The number of para-hydroxylation sites is 2. The van der Waals surface area contributed by atoms with Crippen molar-refractivity contribution in [2.45, 2.75) is 45.8 Å². The maximum atomic E-state index is 12.2. The Kier molecular flexibility index (Phi) is 4.20. The van der Waals surface area contributed by atoms with Gasteiger partial charge in [0.1, 0.15) is 6.54 Å². The van der Waals surface area contributed by atoms with Crippen LogP contribution in [0.15, 0.2) is 38.0 Å². The van der Waals surface area contributed by atoms with E-state index in [4.69, 9.17) is 13.7 Å². The van der Waals surface area contributed by atoms with Crippen molar-refractivity contribution in [1.29, 1.82) is 0 Å². The second kappa shape index (κ2) is 6.19. The highest BCUT2D eigenvalue weighted by Gasteiger charge is 2.25. The molecule has 8 nitrogen and oxygen atoms in total. The predicted molar refractivity (Wildman–Crippen MR) is 88.0 cm³/mol. The van der Waals surface area contributed by atoms with Gasteiger partial charge < -0.3 is 13.7 Å². The molecule has 0 amide bonds. The van der Waals surface area contributed by atoms with Gasteiger partial charge in [0.05, 0.1) is 5.52 Å². The maximum Gasteiger partial charge on any atom is 0.420 e. The fourth-order valence-corrected chi connectivity index (χ4v) is 2.28. The van der Waals surface area contributed by atoms with Crippen LogP contribution < -0.4 is 5.76 Å². The molecule has 0 saturated carbocycles. The lowest BCUT2D eigenvalue weighted by molar-refractivity contribution is -0.150. The topological polar surface area (TPSA) is 100 Å². The highest BCUT2D eigenvalue weighted by molar-refractivity contribution is 5.76. The lowest BCUT2D eigenvalue weighted by Gasteiger charge is -2.11. The van der Waals surface area contributed by atoms with E-state index >= 15 is 0 Å². The van der Waals surface area contributed by atoms with Crippen molar-refractivity contribution in [3.63, 3.8) is 0 Å². The highest BCUT2D eigenvalue weighted by Crippen LogP contribution is 2.22. The first kappa shape index (κ1) is 16.9. The lowest BCUT2D eigenvalue weighted by atomic mass is 9.96. The summed E-state index contributed by atoms with van der Waals surface area (Å²) in [6.07, 6.45) is -0.718. The van der Waals surface area contributed by atoms with E-state index in [0.717, 1.165) is 0 Å². The van der Waals surface area contributed by atoms with Gasteiger partial charge in [0, 0.05) is 5.41 Å². The third-order valence-corrected chi connectivity index (χ3v) is 3.63. The van der Waals surface area contributed by atoms with Crippen LogP contribution in [0.3, 0.4) is 0 Å². The molecule has 0 spiro atoms. The summed E-state index contributed by atoms with van der Waals surface area (Å²) in [5.74, 6) is -0.472. The van der Waals surface area contributed by atoms with Crippen molar-refractivity contribution < 1.29 is 18.5 Å². The zero-order chi connectivity index (χ0) is 18.2. The fourth-order valence-electron chi connectivity index (χ4n) is 2.28. The molecule has 3 rings (SSSR count). The maximum absolute atomic E-state index is 12.2. The Hall–Kier alpha value is -2.90. The molecule has 2 aromatic heterocycles. The number of rotatable bonds is 4. The summed E-state index contributed by atoms with van der Waals surface area (Å²) < 4.78 is 16.8. The first-order valence-electron chi connectivity index (χ1n) is 7.87. The van der Waals surface area contributed by atoms with E-state index in [1.54, 1.807) is 31.2 Å². The third kappa shape index (κ3) is 3.47. The second-order valence-electron chi connectivity index (χ2n) is 6.76. The van der Waals surface area contributed by atoms with E-state index in [1.807, 2.05) is 20.8 Å². The summed E-state index contributed by atoms with van der Waals surface area (Å²) in [6, 6.07) is 6.87. The van der Waals surface area contributed by atoms with Gasteiger partial charge >= 0.3 is 11.7 Å². The van der Waals surface area contributed by atoms with E-state index in [0.29, 0.717) is 16.9 Å². The normalized spacial score (nSPS) is 13.1. The van der Waals surface area contributed by atoms with Gasteiger partial charge in [0.15, 0.2) is 17.5 Å². The summed E-state index contributed by atoms with van der Waals surface area (Å²) in [7, 11) is 0. The molecule has 0 unspecified atom stereocenters. The summed E-state index contributed by atoms with van der Waals surface area (Å²) in [6.45, 7) is 7.23. The van der Waals surface area contributed by atoms with Gasteiger partial charge in [-0.15, -0.1) is 0 Å². The molecule has 0 fully saturated rings. The molecule has 0 aliphatic carbocycles. The van der Waals surface area contributed by atoms with Crippen molar-refractivity contribution in [2.24, 2.45) is 0 Å². The zero-order valence-electron chi connectivity index (χ0n) is 14.5. The molecule has 3 aromatic rings. The van der Waals surface area contributed by atoms with Gasteiger partial charge in [0.25, 0.3) is 5.89 Å². The average Bonchev–Trinajstić information content (AvgIpc) is 3.13. The average molecular weight is 345 g/mol. The van der Waals surface area contributed by atoms with Gasteiger partial charge in [-0.05, 0) is 19.1 Å². The second-order valence-corrected chi connectivity index (χ2v) is 6.76. The monoisotopic (exact) mass is 345 g/mol. The first-order chi connectivity index (χ1) is 11.8. The molecule has 0 aliphatic heterocycles. The largest absolute Gasteiger partial charge is 0.451 e. The number of nitrogens with zero attached hydrogens (tertiary/aromatic N) is 3. The van der Waals surface area contributed by atoms with Gasteiger partial charge in [-0.25, -0.2) is 4.79 Å². The SMILES string of the molecule is C[C@H](OC(=O)Cn1c(=O)oc2ccccc21)c1nc(C(C)(C)C)no1. The lowest BCUT2D eigenvalue weighted by Crippen LogP contribution is -2.22. The molecular formula is C17H19N3O5. The molecule has 0 N–H and O–H groups in total. The Bertz CT molecular complexity index is 960. The van der Waals surface area contributed by atoms with Crippen molar-refractivity contribution >= 4 is 17.1 Å². The molecule has 1 aromatic carbocycles. The van der Waals surface area contributed by atoms with Gasteiger partial charge in [-0.1, -0.05) is 38.1 Å². The Morgan fingerprint density at radius 1 is 1.32 bits per heavy atom. The van der Waals surface area contributed by atoms with Crippen molar-refractivity contribution in [1.82, 2.24) is 14.7 Å². The van der Waals surface area contributed by atoms with Gasteiger partial charge in [-0.2, -0.15) is 4.98 Å². The Labute approximate surface area is 143 Å². The summed E-state index contributed by atoms with van der Waals surface area (Å²) in [4.78, 5) is 28.3. The molecule has 1 atom stereocenters. The van der Waals surface area contributed by atoms with E-state index < -0.39 is 17.8 Å². The minimum absolute atomic E-state index is 0.211. The molecule has 0 aliphatic rings. The van der Waals surface area contributed by atoms with Crippen LogP contribution in [0.2, 0.25) is 0 Å². The van der Waals surface area contributed by atoms with Crippen LogP contribution in [0, 0.1) is 0 Å². The number of carbonyl (C=O) groups excluding carboxylic acids is 1. The van der Waals surface area contributed by atoms with Crippen LogP contribution in [0.1, 0.15) is 45.5 Å². The highest BCUT2D eigenvalue weighted by atomic mass is 16.6. The molecule has 0 bridgehead atoms. The van der Waals surface area contributed by atoms with Crippen molar-refractivity contribution in [3.05, 3.63) is 46.5 Å². The minimum Gasteiger partial charge on any atom is -0.451 e. The Morgan fingerprint density at radius 2 is 2.04 bits per heavy atom. The summed E-state index contributed by atoms with van der Waals surface area (Å²) >= 11 is 0. The number of oxazole rings is 1. The smallest absolute Gasteiger partial charge is 0.420 e. The third-order valence-electron chi connectivity index (χ3n) is 3.63. The van der Waals surface area contributed by atoms with Crippen LogP contribution in [-0.2, 0) is 21.5 Å². The molecule has 8 heteroatoms. The summed E-state index contributed by atoms with van der Waals surface area (Å²) in [5.41, 5.74) is 0.680. The molecule has 25 heavy (non-hydrogen) atoms. The van der Waals surface area contributed by atoms with E-state index in [9.17, 15) is 9.59 Å². The van der Waals surface area contributed by atoms with Crippen LogP contribution in [0.25, 0.3) is 11.1 Å². The number of carbonyl (C=O) groups is 1. The Balaban J connectivity index is 1.73. The number of aromatic nitrogens is 3. The number of benzene rings is 1. The van der Waals surface area contributed by atoms with Crippen molar-refractivity contribution in [2.75, 3.05) is 0 Å². The molecular weight excluding hydrogens is 326 g/mol. The minimum atomic E-state index is -0.718. The van der Waals surface area contributed by atoms with Crippen LogP contribution in [-0.4, -0.2) is 20.7 Å². The standard InChI is InChI=1S/C17H19N3O5/c1-10(14-18-15(19-25-14)17(2,3)4)23-13(21)9-20-11-7-5-6-8-12(11)24-16(20)22/h5-8,10H,9H2,1-4H3/t10-/m0/s1. The fraction of sp³-hybridized carbons (Fsp3) is 0.412. The number of esters is 1.